The highest BCUT2D eigenvalue weighted by molar-refractivity contribution is 5.40. The zero-order chi connectivity index (χ0) is 13.2. The van der Waals surface area contributed by atoms with E-state index in [9.17, 15) is 13.2 Å². The fraction of sp³-hybridized carbons (Fsp3) is 0.583. The molecule has 0 radical (unpaired) electrons. The molecule has 0 spiro atoms. The summed E-state index contributed by atoms with van der Waals surface area (Å²) in [5, 5.41) is 8.96. The molecule has 1 aromatic rings. The van der Waals surface area contributed by atoms with E-state index in [1.807, 2.05) is 0 Å². The highest BCUT2D eigenvalue weighted by atomic mass is 19.4. The first-order valence-electron chi connectivity index (χ1n) is 5.91. The van der Waals surface area contributed by atoms with Gasteiger partial charge in [0.1, 0.15) is 5.82 Å². The fourth-order valence-electron chi connectivity index (χ4n) is 2.01. The Labute approximate surface area is 103 Å². The zero-order valence-electron chi connectivity index (χ0n) is 9.82. The number of hydrogen-bond donors (Lipinski definition) is 1. The Kier molecular flexibility index (Phi) is 3.75. The average Bonchev–Trinajstić information content (AvgIpc) is 2.82. The van der Waals surface area contributed by atoms with Gasteiger partial charge in [-0.25, -0.2) is 4.98 Å². The minimum Gasteiger partial charge on any atom is -0.383 e. The first kappa shape index (κ1) is 13.1. The summed E-state index contributed by atoms with van der Waals surface area (Å²) >= 11 is 0. The molecule has 0 aliphatic carbocycles. The third kappa shape index (κ3) is 3.13. The van der Waals surface area contributed by atoms with Crippen molar-refractivity contribution in [2.24, 2.45) is 0 Å². The van der Waals surface area contributed by atoms with E-state index < -0.39 is 18.7 Å². The number of hydrogen-bond acceptors (Lipinski definition) is 3. The molecular formula is C12H15F3N2O. The average molecular weight is 260 g/mol. The molecule has 1 aromatic heterocycles. The number of pyridine rings is 1. The van der Waals surface area contributed by atoms with Gasteiger partial charge in [0.2, 0.25) is 0 Å². The second-order valence-electron chi connectivity index (χ2n) is 4.48. The largest absolute Gasteiger partial charge is 0.414 e. The van der Waals surface area contributed by atoms with Crippen LogP contribution in [0.1, 0.15) is 18.4 Å². The Morgan fingerprint density at radius 1 is 1.28 bits per heavy atom. The van der Waals surface area contributed by atoms with Crippen LogP contribution in [0, 0.1) is 0 Å². The normalized spacial score (nSPS) is 18.1. The van der Waals surface area contributed by atoms with Crippen LogP contribution in [0.2, 0.25) is 0 Å². The monoisotopic (exact) mass is 260 g/mol. The van der Waals surface area contributed by atoms with Gasteiger partial charge in [-0.15, -0.1) is 0 Å². The van der Waals surface area contributed by atoms with Crippen LogP contribution in [0.15, 0.2) is 18.3 Å². The topological polar surface area (TPSA) is 36.4 Å². The number of alkyl halides is 3. The van der Waals surface area contributed by atoms with Gasteiger partial charge in [-0.3, -0.25) is 0 Å². The van der Waals surface area contributed by atoms with Gasteiger partial charge in [0.25, 0.3) is 0 Å². The first-order chi connectivity index (χ1) is 8.47. The number of anilines is 1. The zero-order valence-corrected chi connectivity index (χ0v) is 9.82. The van der Waals surface area contributed by atoms with Crippen molar-refractivity contribution in [3.8, 4) is 0 Å². The molecule has 2 heterocycles. The summed E-state index contributed by atoms with van der Waals surface area (Å²) in [6, 6.07) is 3.30. The third-order valence-electron chi connectivity index (χ3n) is 3.05. The number of rotatable bonds is 3. The standard InChI is InChI=1S/C12H15F3N2O/c13-12(14,15)10(18)7-9-3-4-11(16-8-9)17-5-1-2-6-17/h3-4,8,10,18H,1-2,5-7H2. The number of halogens is 3. The van der Waals surface area contributed by atoms with E-state index in [0.29, 0.717) is 5.56 Å². The fourth-order valence-corrected chi connectivity index (χ4v) is 2.01. The van der Waals surface area contributed by atoms with E-state index in [0.717, 1.165) is 31.7 Å². The molecule has 1 atom stereocenters. The lowest BCUT2D eigenvalue weighted by Crippen LogP contribution is -2.30. The molecule has 100 valence electrons. The van der Waals surface area contributed by atoms with Gasteiger partial charge in [0, 0.05) is 25.7 Å². The predicted molar refractivity (Wildman–Crippen MR) is 61.4 cm³/mol. The van der Waals surface area contributed by atoms with Gasteiger partial charge in [0.15, 0.2) is 6.10 Å². The third-order valence-corrected chi connectivity index (χ3v) is 3.05. The summed E-state index contributed by atoms with van der Waals surface area (Å²) in [5.74, 6) is 0.790. The lowest BCUT2D eigenvalue weighted by atomic mass is 10.1. The molecule has 1 saturated heterocycles. The van der Waals surface area contributed by atoms with Crippen molar-refractivity contribution in [1.82, 2.24) is 4.98 Å². The summed E-state index contributed by atoms with van der Waals surface area (Å²) < 4.78 is 36.5. The number of aromatic nitrogens is 1. The smallest absolute Gasteiger partial charge is 0.383 e. The van der Waals surface area contributed by atoms with Gasteiger partial charge in [0.05, 0.1) is 0 Å². The van der Waals surface area contributed by atoms with Crippen LogP contribution < -0.4 is 4.90 Å². The minimum atomic E-state index is -4.58. The Morgan fingerprint density at radius 2 is 1.94 bits per heavy atom. The van der Waals surface area contributed by atoms with Crippen LogP contribution in [0.25, 0.3) is 0 Å². The van der Waals surface area contributed by atoms with Gasteiger partial charge in [-0.05, 0) is 24.5 Å². The summed E-state index contributed by atoms with van der Waals surface area (Å²) in [6.45, 7) is 1.88. The van der Waals surface area contributed by atoms with Crippen LogP contribution in [0.3, 0.4) is 0 Å². The van der Waals surface area contributed by atoms with Crippen molar-refractivity contribution in [3.05, 3.63) is 23.9 Å². The maximum absolute atomic E-state index is 12.2. The van der Waals surface area contributed by atoms with Gasteiger partial charge < -0.3 is 10.0 Å². The summed E-state index contributed by atoms with van der Waals surface area (Å²) in [7, 11) is 0. The molecule has 0 aromatic carbocycles. The second-order valence-corrected chi connectivity index (χ2v) is 4.48. The summed E-state index contributed by atoms with van der Waals surface area (Å²) in [4.78, 5) is 6.24. The second kappa shape index (κ2) is 5.14. The minimum absolute atomic E-state index is 0.391. The van der Waals surface area contributed by atoms with Gasteiger partial charge >= 0.3 is 6.18 Å². The van der Waals surface area contributed by atoms with Crippen LogP contribution in [0.4, 0.5) is 19.0 Å². The molecule has 1 N–H and O–H groups in total. The first-order valence-corrected chi connectivity index (χ1v) is 5.91. The lowest BCUT2D eigenvalue weighted by Gasteiger charge is -2.17. The highest BCUT2D eigenvalue weighted by Gasteiger charge is 2.38. The Balaban J connectivity index is 1.99. The Hall–Kier alpha value is -1.30. The van der Waals surface area contributed by atoms with E-state index in [1.165, 1.54) is 6.20 Å². The molecule has 1 fully saturated rings. The molecule has 1 aliphatic heterocycles. The van der Waals surface area contributed by atoms with Gasteiger partial charge in [-0.2, -0.15) is 13.2 Å². The predicted octanol–water partition coefficient (Wildman–Crippen LogP) is 2.15. The maximum Gasteiger partial charge on any atom is 0.414 e. The molecular weight excluding hydrogens is 245 g/mol. The molecule has 0 bridgehead atoms. The number of aliphatic hydroxyl groups excluding tert-OH is 1. The highest BCUT2D eigenvalue weighted by Crippen LogP contribution is 2.23. The molecule has 6 heteroatoms. The van der Waals surface area contributed by atoms with Crippen LogP contribution in [-0.2, 0) is 6.42 Å². The Bertz CT molecular complexity index is 385. The molecule has 3 nitrogen and oxygen atoms in total. The molecule has 2 rings (SSSR count). The maximum atomic E-state index is 12.2. The van der Waals surface area contributed by atoms with Gasteiger partial charge in [-0.1, -0.05) is 6.07 Å². The van der Waals surface area contributed by atoms with Crippen molar-refractivity contribution in [2.75, 3.05) is 18.0 Å². The number of nitrogens with zero attached hydrogens (tertiary/aromatic N) is 2. The van der Waals surface area contributed by atoms with Crippen molar-refractivity contribution in [2.45, 2.75) is 31.5 Å². The quantitative estimate of drug-likeness (QED) is 0.904. The SMILES string of the molecule is OC(Cc1ccc(N2CCCC2)nc1)C(F)(F)F. The number of aliphatic hydroxyl groups is 1. The molecule has 0 saturated carbocycles. The van der Waals surface area contributed by atoms with E-state index in [4.69, 9.17) is 5.11 Å². The Morgan fingerprint density at radius 3 is 2.44 bits per heavy atom. The van der Waals surface area contributed by atoms with E-state index in [1.54, 1.807) is 12.1 Å². The summed E-state index contributed by atoms with van der Waals surface area (Å²) in [5.41, 5.74) is 0.391. The van der Waals surface area contributed by atoms with Crippen LogP contribution in [-0.4, -0.2) is 35.5 Å². The van der Waals surface area contributed by atoms with Crippen LogP contribution >= 0.6 is 0 Å². The van der Waals surface area contributed by atoms with Crippen molar-refractivity contribution < 1.29 is 18.3 Å². The molecule has 18 heavy (non-hydrogen) atoms. The van der Waals surface area contributed by atoms with Crippen molar-refractivity contribution in [3.63, 3.8) is 0 Å². The van der Waals surface area contributed by atoms with E-state index in [2.05, 4.69) is 9.88 Å². The summed E-state index contributed by atoms with van der Waals surface area (Å²) in [6.07, 6.45) is -3.70. The van der Waals surface area contributed by atoms with Crippen molar-refractivity contribution >= 4 is 5.82 Å². The molecule has 1 aliphatic rings. The van der Waals surface area contributed by atoms with E-state index >= 15 is 0 Å². The molecule has 0 amide bonds. The molecule has 1 unspecified atom stereocenters. The van der Waals surface area contributed by atoms with E-state index in [-0.39, 0.29) is 0 Å². The lowest BCUT2D eigenvalue weighted by molar-refractivity contribution is -0.203. The van der Waals surface area contributed by atoms with Crippen molar-refractivity contribution in [1.29, 1.82) is 0 Å². The van der Waals surface area contributed by atoms with Crippen LogP contribution in [0.5, 0.6) is 0 Å².